The lowest BCUT2D eigenvalue weighted by molar-refractivity contribution is -0.119. The predicted molar refractivity (Wildman–Crippen MR) is 74.9 cm³/mol. The van der Waals surface area contributed by atoms with Crippen LogP contribution in [0.15, 0.2) is 8.68 Å². The maximum Gasteiger partial charge on any atom is 0.230 e. The molecule has 1 N–H and O–H groups in total. The minimum Gasteiger partial charge on any atom is -0.353 e. The highest BCUT2D eigenvalue weighted by Gasteiger charge is 2.09. The number of hydrogen-bond donors (Lipinski definition) is 1. The zero-order valence-electron chi connectivity index (χ0n) is 10.2. The number of carbonyl (C=O) groups excluding carboxylic acids is 1. The normalized spacial score (nSPS) is 12.4. The summed E-state index contributed by atoms with van der Waals surface area (Å²) in [6.45, 7) is 6.14. The van der Waals surface area contributed by atoms with Crippen LogP contribution in [0.4, 0.5) is 0 Å². The molecule has 0 radical (unpaired) electrons. The van der Waals surface area contributed by atoms with Crippen molar-refractivity contribution < 1.29 is 4.79 Å². The SMILES string of the molecule is CCSc1nnc(SCC(=O)NC(C)CC)s1. The molecule has 0 saturated heterocycles. The second kappa shape index (κ2) is 7.94. The second-order valence-electron chi connectivity index (χ2n) is 3.43. The number of aromatic nitrogens is 2. The zero-order chi connectivity index (χ0) is 12.7. The molecule has 0 aliphatic carbocycles. The first kappa shape index (κ1) is 14.8. The van der Waals surface area contributed by atoms with Crippen LogP contribution in [-0.4, -0.2) is 33.7 Å². The van der Waals surface area contributed by atoms with Crippen LogP contribution in [0.3, 0.4) is 0 Å². The van der Waals surface area contributed by atoms with E-state index < -0.39 is 0 Å². The van der Waals surface area contributed by atoms with Gasteiger partial charge in [0, 0.05) is 6.04 Å². The third kappa shape index (κ3) is 5.74. The molecule has 1 atom stereocenters. The van der Waals surface area contributed by atoms with Gasteiger partial charge < -0.3 is 5.32 Å². The lowest BCUT2D eigenvalue weighted by atomic mass is 10.3. The third-order valence-corrected chi connectivity index (χ3v) is 5.07. The van der Waals surface area contributed by atoms with Crippen molar-refractivity contribution in [2.24, 2.45) is 0 Å². The van der Waals surface area contributed by atoms with Crippen molar-refractivity contribution in [3.63, 3.8) is 0 Å². The van der Waals surface area contributed by atoms with Gasteiger partial charge in [0.1, 0.15) is 0 Å². The molecule has 1 aromatic rings. The molecule has 96 valence electrons. The molecule has 0 bridgehead atoms. The lowest BCUT2D eigenvalue weighted by Gasteiger charge is -2.09. The molecule has 1 heterocycles. The molecule has 1 unspecified atom stereocenters. The van der Waals surface area contributed by atoms with E-state index in [1.165, 1.54) is 11.8 Å². The highest BCUT2D eigenvalue weighted by Crippen LogP contribution is 2.28. The quantitative estimate of drug-likeness (QED) is 0.783. The van der Waals surface area contributed by atoms with Crippen molar-refractivity contribution >= 4 is 40.8 Å². The van der Waals surface area contributed by atoms with Gasteiger partial charge in [-0.15, -0.1) is 10.2 Å². The molecule has 0 fully saturated rings. The molecule has 0 aliphatic heterocycles. The standard InChI is InChI=1S/C10H17N3OS3/c1-4-7(3)11-8(14)6-16-10-13-12-9(17-10)15-5-2/h7H,4-6H2,1-3H3,(H,11,14). The van der Waals surface area contributed by atoms with Gasteiger partial charge in [-0.3, -0.25) is 4.79 Å². The highest BCUT2D eigenvalue weighted by atomic mass is 32.2. The largest absolute Gasteiger partial charge is 0.353 e. The Bertz CT molecular complexity index is 356. The number of carbonyl (C=O) groups is 1. The van der Waals surface area contributed by atoms with E-state index in [1.54, 1.807) is 23.1 Å². The fourth-order valence-electron chi connectivity index (χ4n) is 0.983. The van der Waals surface area contributed by atoms with Gasteiger partial charge in [-0.05, 0) is 19.1 Å². The molecule has 7 heteroatoms. The van der Waals surface area contributed by atoms with Crippen LogP contribution < -0.4 is 5.32 Å². The molecule has 0 aliphatic rings. The van der Waals surface area contributed by atoms with Crippen LogP contribution in [0.2, 0.25) is 0 Å². The van der Waals surface area contributed by atoms with E-state index in [0.29, 0.717) is 5.75 Å². The first-order chi connectivity index (χ1) is 8.15. The van der Waals surface area contributed by atoms with Gasteiger partial charge in [0.25, 0.3) is 0 Å². The van der Waals surface area contributed by atoms with Crippen molar-refractivity contribution in [2.75, 3.05) is 11.5 Å². The highest BCUT2D eigenvalue weighted by molar-refractivity contribution is 8.03. The van der Waals surface area contributed by atoms with E-state index >= 15 is 0 Å². The maximum atomic E-state index is 11.5. The molecule has 1 rings (SSSR count). The van der Waals surface area contributed by atoms with Crippen LogP contribution in [0.1, 0.15) is 27.2 Å². The Balaban J connectivity index is 2.31. The van der Waals surface area contributed by atoms with Gasteiger partial charge in [0.2, 0.25) is 5.91 Å². The third-order valence-electron chi connectivity index (χ3n) is 2.00. The topological polar surface area (TPSA) is 54.9 Å². The summed E-state index contributed by atoms with van der Waals surface area (Å²) < 4.78 is 1.83. The number of amides is 1. The number of thioether (sulfide) groups is 2. The molecule has 0 aromatic carbocycles. The second-order valence-corrected chi connectivity index (χ2v) is 7.14. The first-order valence-corrected chi connectivity index (χ1v) is 8.32. The smallest absolute Gasteiger partial charge is 0.230 e. The fourth-order valence-corrected chi connectivity index (χ4v) is 3.71. The van der Waals surface area contributed by atoms with Crippen LogP contribution in [0, 0.1) is 0 Å². The summed E-state index contributed by atoms with van der Waals surface area (Å²) in [5.41, 5.74) is 0. The summed E-state index contributed by atoms with van der Waals surface area (Å²) in [4.78, 5) is 11.5. The van der Waals surface area contributed by atoms with Gasteiger partial charge in [0.05, 0.1) is 5.75 Å². The summed E-state index contributed by atoms with van der Waals surface area (Å²) >= 11 is 4.67. The minimum absolute atomic E-state index is 0.0595. The number of rotatable bonds is 7. The average Bonchev–Trinajstić information content (AvgIpc) is 2.74. The first-order valence-electron chi connectivity index (χ1n) is 5.54. The molecule has 4 nitrogen and oxygen atoms in total. The van der Waals surface area contributed by atoms with Crippen LogP contribution in [0.25, 0.3) is 0 Å². The Kier molecular flexibility index (Phi) is 6.91. The summed E-state index contributed by atoms with van der Waals surface area (Å²) in [5.74, 6) is 1.47. The number of nitrogens with one attached hydrogen (secondary N) is 1. The number of nitrogens with zero attached hydrogens (tertiary/aromatic N) is 2. The molecular weight excluding hydrogens is 274 g/mol. The Morgan fingerprint density at radius 3 is 2.59 bits per heavy atom. The molecule has 17 heavy (non-hydrogen) atoms. The van der Waals surface area contributed by atoms with E-state index in [1.807, 2.05) is 6.92 Å². The Morgan fingerprint density at radius 2 is 2.00 bits per heavy atom. The Morgan fingerprint density at radius 1 is 1.35 bits per heavy atom. The van der Waals surface area contributed by atoms with Gasteiger partial charge in [-0.2, -0.15) is 0 Å². The minimum atomic E-state index is 0.0595. The lowest BCUT2D eigenvalue weighted by Crippen LogP contribution is -2.33. The molecule has 1 aromatic heterocycles. The predicted octanol–water partition coefficient (Wildman–Crippen LogP) is 2.66. The van der Waals surface area contributed by atoms with Crippen molar-refractivity contribution in [3.05, 3.63) is 0 Å². The van der Waals surface area contributed by atoms with Crippen LogP contribution in [-0.2, 0) is 4.79 Å². The van der Waals surface area contributed by atoms with E-state index in [-0.39, 0.29) is 11.9 Å². The van der Waals surface area contributed by atoms with E-state index in [4.69, 9.17) is 0 Å². The van der Waals surface area contributed by atoms with Crippen LogP contribution >= 0.6 is 34.9 Å². The molecule has 0 spiro atoms. The summed E-state index contributed by atoms with van der Waals surface area (Å²) in [7, 11) is 0. The Labute approximate surface area is 114 Å². The fraction of sp³-hybridized carbons (Fsp3) is 0.700. The van der Waals surface area contributed by atoms with Crippen LogP contribution in [0.5, 0.6) is 0 Å². The van der Waals surface area contributed by atoms with E-state index in [0.717, 1.165) is 20.9 Å². The summed E-state index contributed by atoms with van der Waals surface area (Å²) in [5, 5.41) is 11.0. The van der Waals surface area contributed by atoms with Gasteiger partial charge in [-0.25, -0.2) is 0 Å². The van der Waals surface area contributed by atoms with Gasteiger partial charge in [-0.1, -0.05) is 48.7 Å². The average molecular weight is 291 g/mol. The molecular formula is C10H17N3OS3. The maximum absolute atomic E-state index is 11.5. The van der Waals surface area contributed by atoms with E-state index in [2.05, 4.69) is 29.4 Å². The molecule has 1 amide bonds. The van der Waals surface area contributed by atoms with Crippen molar-refractivity contribution in [1.29, 1.82) is 0 Å². The van der Waals surface area contributed by atoms with Gasteiger partial charge >= 0.3 is 0 Å². The number of hydrogen-bond acceptors (Lipinski definition) is 6. The van der Waals surface area contributed by atoms with Crippen molar-refractivity contribution in [3.8, 4) is 0 Å². The zero-order valence-corrected chi connectivity index (χ0v) is 12.7. The monoisotopic (exact) mass is 291 g/mol. The Hall–Kier alpha value is -0.270. The summed E-state index contributed by atoms with van der Waals surface area (Å²) in [6, 6.07) is 0.240. The van der Waals surface area contributed by atoms with Crippen molar-refractivity contribution in [1.82, 2.24) is 15.5 Å². The van der Waals surface area contributed by atoms with Gasteiger partial charge in [0.15, 0.2) is 8.68 Å². The molecule has 0 saturated carbocycles. The van der Waals surface area contributed by atoms with E-state index in [9.17, 15) is 4.79 Å². The van der Waals surface area contributed by atoms with Crippen molar-refractivity contribution in [2.45, 2.75) is 41.9 Å². The summed E-state index contributed by atoms with van der Waals surface area (Å²) in [6.07, 6.45) is 0.951.